The smallest absolute Gasteiger partial charge is 0.243 e. The lowest BCUT2D eigenvalue weighted by atomic mass is 10.2. The minimum atomic E-state index is -0.583. The van der Waals surface area contributed by atoms with Crippen molar-refractivity contribution in [2.24, 2.45) is 0 Å². The van der Waals surface area contributed by atoms with Crippen LogP contribution < -0.4 is 16.2 Å². The number of carbonyl (C=O) groups is 2. The second-order valence-electron chi connectivity index (χ2n) is 3.60. The Morgan fingerprint density at radius 2 is 1.94 bits per heavy atom. The van der Waals surface area contributed by atoms with Crippen molar-refractivity contribution in [2.75, 3.05) is 5.32 Å². The Balaban J connectivity index is 2.05. The Labute approximate surface area is 107 Å². The van der Waals surface area contributed by atoms with Gasteiger partial charge in [0.05, 0.1) is 6.42 Å². The summed E-state index contributed by atoms with van der Waals surface area (Å²) in [5, 5.41) is 3.49. The van der Waals surface area contributed by atoms with E-state index in [0.29, 0.717) is 15.7 Å². The lowest BCUT2D eigenvalue weighted by Crippen LogP contribution is -2.39. The standard InChI is InChI=1S/C10H9Cl2N3O2/c11-5-1-6(12)3-7(2-5)13-10(17)8-4-9(16)15-14-8/h1-3,8,14H,4H2,(H,13,17)(H,15,16). The fourth-order valence-electron chi connectivity index (χ4n) is 1.47. The highest BCUT2D eigenvalue weighted by molar-refractivity contribution is 6.35. The molecule has 2 rings (SSSR count). The number of hydrogen-bond acceptors (Lipinski definition) is 3. The SMILES string of the molecule is O=C1CC(C(=O)Nc2cc(Cl)cc(Cl)c2)NN1. The second kappa shape index (κ2) is 4.91. The third-order valence-electron chi connectivity index (χ3n) is 2.22. The van der Waals surface area contributed by atoms with Gasteiger partial charge >= 0.3 is 0 Å². The first kappa shape index (κ1) is 12.2. The Morgan fingerprint density at radius 3 is 2.47 bits per heavy atom. The predicted molar refractivity (Wildman–Crippen MR) is 64.8 cm³/mol. The van der Waals surface area contributed by atoms with Crippen LogP contribution in [0.3, 0.4) is 0 Å². The summed E-state index contributed by atoms with van der Waals surface area (Å²) in [7, 11) is 0. The first-order valence-electron chi connectivity index (χ1n) is 4.86. The molecule has 1 unspecified atom stereocenters. The van der Waals surface area contributed by atoms with E-state index in [1.165, 1.54) is 0 Å². The van der Waals surface area contributed by atoms with Crippen LogP contribution in [-0.4, -0.2) is 17.9 Å². The maximum atomic E-state index is 11.7. The lowest BCUT2D eigenvalue weighted by molar-refractivity contribution is -0.121. The minimum absolute atomic E-state index is 0.111. The summed E-state index contributed by atoms with van der Waals surface area (Å²) in [4.78, 5) is 22.7. The molecule has 3 N–H and O–H groups in total. The number of halogens is 2. The van der Waals surface area contributed by atoms with Gasteiger partial charge in [-0.05, 0) is 18.2 Å². The van der Waals surface area contributed by atoms with Gasteiger partial charge in [-0.15, -0.1) is 0 Å². The number of amides is 2. The highest BCUT2D eigenvalue weighted by atomic mass is 35.5. The van der Waals surface area contributed by atoms with E-state index < -0.39 is 6.04 Å². The van der Waals surface area contributed by atoms with E-state index in [-0.39, 0.29) is 18.2 Å². The van der Waals surface area contributed by atoms with Gasteiger partial charge < -0.3 is 5.32 Å². The van der Waals surface area contributed by atoms with E-state index in [0.717, 1.165) is 0 Å². The van der Waals surface area contributed by atoms with Crippen LogP contribution in [-0.2, 0) is 9.59 Å². The van der Waals surface area contributed by atoms with Gasteiger partial charge in [0.1, 0.15) is 6.04 Å². The van der Waals surface area contributed by atoms with Crippen LogP contribution in [0, 0.1) is 0 Å². The molecule has 0 saturated carbocycles. The van der Waals surface area contributed by atoms with E-state index in [4.69, 9.17) is 23.2 Å². The summed E-state index contributed by atoms with van der Waals surface area (Å²) < 4.78 is 0. The van der Waals surface area contributed by atoms with Gasteiger partial charge in [0, 0.05) is 15.7 Å². The third-order valence-corrected chi connectivity index (χ3v) is 2.66. The molecule has 1 fully saturated rings. The van der Waals surface area contributed by atoms with Gasteiger partial charge in [0.2, 0.25) is 11.8 Å². The number of carbonyl (C=O) groups excluding carboxylic acids is 2. The fourth-order valence-corrected chi connectivity index (χ4v) is 1.99. The monoisotopic (exact) mass is 273 g/mol. The molecular weight excluding hydrogens is 265 g/mol. The second-order valence-corrected chi connectivity index (χ2v) is 4.47. The van der Waals surface area contributed by atoms with E-state index >= 15 is 0 Å². The van der Waals surface area contributed by atoms with Crippen molar-refractivity contribution in [2.45, 2.75) is 12.5 Å². The van der Waals surface area contributed by atoms with Crippen LogP contribution in [0.25, 0.3) is 0 Å². The van der Waals surface area contributed by atoms with Crippen molar-refractivity contribution in [1.29, 1.82) is 0 Å². The zero-order valence-corrected chi connectivity index (χ0v) is 10.1. The average molecular weight is 274 g/mol. The van der Waals surface area contributed by atoms with Crippen molar-refractivity contribution < 1.29 is 9.59 Å². The summed E-state index contributed by atoms with van der Waals surface area (Å²) in [6, 6.07) is 4.14. The molecule has 90 valence electrons. The predicted octanol–water partition coefficient (Wildman–Crippen LogP) is 1.32. The molecule has 1 atom stereocenters. The van der Waals surface area contributed by atoms with Crippen molar-refractivity contribution in [3.63, 3.8) is 0 Å². The van der Waals surface area contributed by atoms with Crippen LogP contribution in [0.2, 0.25) is 10.0 Å². The molecule has 1 saturated heterocycles. The summed E-state index contributed by atoms with van der Waals surface area (Å²) in [6.07, 6.45) is 0.111. The average Bonchev–Trinajstić information content (AvgIpc) is 2.63. The van der Waals surface area contributed by atoms with Crippen LogP contribution >= 0.6 is 23.2 Å². The molecule has 17 heavy (non-hydrogen) atoms. The minimum Gasteiger partial charge on any atom is -0.325 e. The Hall–Kier alpha value is -1.30. The number of hydrazine groups is 1. The topological polar surface area (TPSA) is 70.2 Å². The summed E-state index contributed by atoms with van der Waals surface area (Å²) in [5.41, 5.74) is 5.43. The van der Waals surface area contributed by atoms with Gasteiger partial charge in [-0.25, -0.2) is 5.43 Å². The highest BCUT2D eigenvalue weighted by Gasteiger charge is 2.27. The zero-order chi connectivity index (χ0) is 12.4. The molecule has 1 heterocycles. The van der Waals surface area contributed by atoms with Crippen molar-refractivity contribution in [3.8, 4) is 0 Å². The van der Waals surface area contributed by atoms with E-state index in [9.17, 15) is 9.59 Å². The van der Waals surface area contributed by atoms with E-state index in [2.05, 4.69) is 16.2 Å². The Morgan fingerprint density at radius 1 is 1.29 bits per heavy atom. The molecule has 0 bridgehead atoms. The first-order valence-corrected chi connectivity index (χ1v) is 5.61. The highest BCUT2D eigenvalue weighted by Crippen LogP contribution is 2.22. The van der Waals surface area contributed by atoms with Crippen molar-refractivity contribution in [1.82, 2.24) is 10.9 Å². The van der Waals surface area contributed by atoms with Crippen LogP contribution in [0.1, 0.15) is 6.42 Å². The zero-order valence-electron chi connectivity index (χ0n) is 8.59. The maximum absolute atomic E-state index is 11.7. The van der Waals surface area contributed by atoms with Gasteiger partial charge in [-0.1, -0.05) is 23.2 Å². The maximum Gasteiger partial charge on any atom is 0.243 e. The molecule has 7 heteroatoms. The molecule has 1 aromatic carbocycles. The molecule has 1 aliphatic rings. The van der Waals surface area contributed by atoms with E-state index in [1.54, 1.807) is 18.2 Å². The van der Waals surface area contributed by atoms with E-state index in [1.807, 2.05) is 0 Å². The summed E-state index contributed by atoms with van der Waals surface area (Å²) in [6.45, 7) is 0. The number of nitrogens with one attached hydrogen (secondary N) is 3. The van der Waals surface area contributed by atoms with Crippen LogP contribution in [0.4, 0.5) is 5.69 Å². The number of anilines is 1. The summed E-state index contributed by atoms with van der Waals surface area (Å²) in [5.74, 6) is -0.532. The van der Waals surface area contributed by atoms with Crippen molar-refractivity contribution in [3.05, 3.63) is 28.2 Å². The number of hydrogen-bond donors (Lipinski definition) is 3. The fraction of sp³-hybridized carbons (Fsp3) is 0.200. The van der Waals surface area contributed by atoms with Crippen molar-refractivity contribution >= 4 is 40.7 Å². The molecule has 0 radical (unpaired) electrons. The molecule has 5 nitrogen and oxygen atoms in total. The molecule has 0 aliphatic carbocycles. The number of rotatable bonds is 2. The largest absolute Gasteiger partial charge is 0.325 e. The third kappa shape index (κ3) is 3.09. The van der Waals surface area contributed by atoms with Gasteiger partial charge in [-0.2, -0.15) is 0 Å². The quantitative estimate of drug-likeness (QED) is 0.761. The Bertz CT molecular complexity index is 458. The molecular formula is C10H9Cl2N3O2. The summed E-state index contributed by atoms with van der Waals surface area (Å²) >= 11 is 11.6. The first-order chi connectivity index (χ1) is 8.04. The van der Waals surface area contributed by atoms with Gasteiger partial charge in [-0.3, -0.25) is 15.0 Å². The normalized spacial score (nSPS) is 18.9. The van der Waals surface area contributed by atoms with Gasteiger partial charge in [0.15, 0.2) is 0 Å². The lowest BCUT2D eigenvalue weighted by Gasteiger charge is -2.10. The Kier molecular flexibility index (Phi) is 3.51. The molecule has 2 amide bonds. The van der Waals surface area contributed by atoms with Crippen LogP contribution in [0.15, 0.2) is 18.2 Å². The number of benzene rings is 1. The molecule has 1 aromatic rings. The van der Waals surface area contributed by atoms with Crippen LogP contribution in [0.5, 0.6) is 0 Å². The molecule has 0 aromatic heterocycles. The van der Waals surface area contributed by atoms with Gasteiger partial charge in [0.25, 0.3) is 0 Å². The molecule has 0 spiro atoms. The molecule has 1 aliphatic heterocycles.